The summed E-state index contributed by atoms with van der Waals surface area (Å²) in [6.07, 6.45) is 4.27. The predicted octanol–water partition coefficient (Wildman–Crippen LogP) is 2.71. The van der Waals surface area contributed by atoms with Gasteiger partial charge in [-0.2, -0.15) is 5.10 Å². The van der Waals surface area contributed by atoms with E-state index in [1.54, 1.807) is 4.68 Å². The van der Waals surface area contributed by atoms with Crippen LogP contribution < -0.4 is 5.32 Å². The average Bonchev–Trinajstić information content (AvgIpc) is 2.95. The second kappa shape index (κ2) is 6.31. The first kappa shape index (κ1) is 16.0. The SMILES string of the molecule is Cc1nn(C)c2sc(C(=O)N[C@H]3CCCCC[C@H]3C(=O)O)cc12. The molecule has 1 fully saturated rings. The normalized spacial score (nSPS) is 22.0. The number of nitrogens with zero attached hydrogens (tertiary/aromatic N) is 2. The maximum absolute atomic E-state index is 12.6. The van der Waals surface area contributed by atoms with Crippen LogP contribution in [0.4, 0.5) is 0 Å². The first-order valence-corrected chi connectivity index (χ1v) is 8.76. The van der Waals surface area contributed by atoms with Gasteiger partial charge in [0.1, 0.15) is 4.83 Å². The standard InChI is InChI=1S/C16H21N3O3S/c1-9-11-8-13(23-15(11)19(2)18-9)14(20)17-12-7-5-3-4-6-10(12)16(21)22/h8,10,12H,3-7H2,1-2H3,(H,17,20)(H,21,22)/t10-,12+/m1/s1. The lowest BCUT2D eigenvalue weighted by Gasteiger charge is -2.22. The molecule has 0 radical (unpaired) electrons. The minimum atomic E-state index is -0.811. The molecule has 0 aromatic carbocycles. The quantitative estimate of drug-likeness (QED) is 0.845. The molecule has 1 aliphatic carbocycles. The topological polar surface area (TPSA) is 84.2 Å². The Morgan fingerprint density at radius 2 is 2.09 bits per heavy atom. The van der Waals surface area contributed by atoms with Gasteiger partial charge in [-0.3, -0.25) is 14.3 Å². The molecule has 0 unspecified atom stereocenters. The van der Waals surface area contributed by atoms with Crippen LogP contribution in [0.3, 0.4) is 0 Å². The van der Waals surface area contributed by atoms with Gasteiger partial charge in [0.2, 0.25) is 0 Å². The number of carboxylic acids is 1. The Bertz CT molecular complexity index is 715. The van der Waals surface area contributed by atoms with Crippen LogP contribution >= 0.6 is 11.3 Å². The van der Waals surface area contributed by atoms with Crippen LogP contribution in [0.25, 0.3) is 10.2 Å². The number of aliphatic carboxylic acids is 1. The van der Waals surface area contributed by atoms with Crippen molar-refractivity contribution >= 4 is 33.4 Å². The van der Waals surface area contributed by atoms with Crippen molar-refractivity contribution in [1.29, 1.82) is 0 Å². The lowest BCUT2D eigenvalue weighted by molar-refractivity contribution is -0.142. The van der Waals surface area contributed by atoms with Crippen molar-refractivity contribution in [2.75, 3.05) is 0 Å². The second-order valence-electron chi connectivity index (χ2n) is 6.20. The van der Waals surface area contributed by atoms with Crippen LogP contribution in [0.15, 0.2) is 6.07 Å². The van der Waals surface area contributed by atoms with Crippen LogP contribution in [-0.2, 0) is 11.8 Å². The Kier molecular flexibility index (Phi) is 4.39. The zero-order chi connectivity index (χ0) is 16.6. The number of fused-ring (bicyclic) bond motifs is 1. The maximum Gasteiger partial charge on any atom is 0.308 e. The molecular weight excluding hydrogens is 314 g/mol. The van der Waals surface area contributed by atoms with Crippen molar-refractivity contribution < 1.29 is 14.7 Å². The molecule has 2 N–H and O–H groups in total. The van der Waals surface area contributed by atoms with Gasteiger partial charge in [-0.15, -0.1) is 11.3 Å². The van der Waals surface area contributed by atoms with Crippen LogP contribution in [0, 0.1) is 12.8 Å². The van der Waals surface area contributed by atoms with E-state index in [-0.39, 0.29) is 11.9 Å². The van der Waals surface area contributed by atoms with Crippen molar-refractivity contribution in [1.82, 2.24) is 15.1 Å². The zero-order valence-corrected chi connectivity index (χ0v) is 14.2. The predicted molar refractivity (Wildman–Crippen MR) is 88.8 cm³/mol. The smallest absolute Gasteiger partial charge is 0.308 e. The van der Waals surface area contributed by atoms with Gasteiger partial charge in [-0.1, -0.05) is 19.3 Å². The van der Waals surface area contributed by atoms with Crippen molar-refractivity contribution in [3.8, 4) is 0 Å². The number of amides is 1. The maximum atomic E-state index is 12.6. The Morgan fingerprint density at radius 1 is 1.35 bits per heavy atom. The Labute approximate surface area is 138 Å². The van der Waals surface area contributed by atoms with Crippen molar-refractivity contribution in [2.45, 2.75) is 45.1 Å². The monoisotopic (exact) mass is 335 g/mol. The van der Waals surface area contributed by atoms with Gasteiger partial charge in [0.05, 0.1) is 16.5 Å². The molecule has 1 aliphatic rings. The molecule has 0 bridgehead atoms. The summed E-state index contributed by atoms with van der Waals surface area (Å²) in [5, 5.41) is 17.7. The minimum absolute atomic E-state index is 0.177. The van der Waals surface area contributed by atoms with E-state index in [1.807, 2.05) is 20.0 Å². The van der Waals surface area contributed by atoms with Gasteiger partial charge in [0.15, 0.2) is 0 Å². The molecule has 1 saturated carbocycles. The van der Waals surface area contributed by atoms with Crippen LogP contribution in [0.1, 0.15) is 47.5 Å². The lowest BCUT2D eigenvalue weighted by atomic mass is 9.95. The van der Waals surface area contributed by atoms with Gasteiger partial charge >= 0.3 is 5.97 Å². The number of nitrogens with one attached hydrogen (secondary N) is 1. The third kappa shape index (κ3) is 3.10. The summed E-state index contributed by atoms with van der Waals surface area (Å²) in [5.74, 6) is -1.48. The fourth-order valence-electron chi connectivity index (χ4n) is 3.33. The summed E-state index contributed by atoms with van der Waals surface area (Å²) in [7, 11) is 1.86. The summed E-state index contributed by atoms with van der Waals surface area (Å²) in [6, 6.07) is 1.57. The van der Waals surface area contributed by atoms with Crippen molar-refractivity contribution in [2.24, 2.45) is 13.0 Å². The van der Waals surface area contributed by atoms with Gasteiger partial charge in [-0.25, -0.2) is 0 Å². The summed E-state index contributed by atoms with van der Waals surface area (Å²) in [5.41, 5.74) is 0.899. The van der Waals surface area contributed by atoms with E-state index in [9.17, 15) is 14.7 Å². The molecule has 0 spiro atoms. The molecule has 3 rings (SSSR count). The highest BCUT2D eigenvalue weighted by atomic mass is 32.1. The zero-order valence-electron chi connectivity index (χ0n) is 13.3. The van der Waals surface area contributed by atoms with E-state index in [2.05, 4.69) is 10.4 Å². The molecule has 1 amide bonds. The number of aryl methyl sites for hydroxylation is 2. The van der Waals surface area contributed by atoms with Gasteiger partial charge < -0.3 is 10.4 Å². The molecule has 7 heteroatoms. The van der Waals surface area contributed by atoms with E-state index >= 15 is 0 Å². The first-order chi connectivity index (χ1) is 11.0. The van der Waals surface area contributed by atoms with Crippen molar-refractivity contribution in [3.63, 3.8) is 0 Å². The third-order valence-corrected chi connectivity index (χ3v) is 5.77. The van der Waals surface area contributed by atoms with Crippen LogP contribution in [0.2, 0.25) is 0 Å². The van der Waals surface area contributed by atoms with E-state index in [0.717, 1.165) is 41.6 Å². The number of thiophene rings is 1. The number of carbonyl (C=O) groups is 2. The van der Waals surface area contributed by atoms with Crippen LogP contribution in [0.5, 0.6) is 0 Å². The number of rotatable bonds is 3. The fourth-order valence-corrected chi connectivity index (χ4v) is 4.36. The number of aromatic nitrogens is 2. The van der Waals surface area contributed by atoms with Crippen LogP contribution in [-0.4, -0.2) is 32.8 Å². The van der Waals surface area contributed by atoms with Gasteiger partial charge in [0.25, 0.3) is 5.91 Å². The fraction of sp³-hybridized carbons (Fsp3) is 0.562. The minimum Gasteiger partial charge on any atom is -0.481 e. The molecule has 0 saturated heterocycles. The molecule has 2 heterocycles. The van der Waals surface area contributed by atoms with E-state index in [1.165, 1.54) is 11.3 Å². The Hall–Kier alpha value is -1.89. The number of hydrogen-bond donors (Lipinski definition) is 2. The molecule has 6 nitrogen and oxygen atoms in total. The number of carbonyl (C=O) groups excluding carboxylic acids is 1. The highest BCUT2D eigenvalue weighted by Crippen LogP contribution is 2.29. The largest absolute Gasteiger partial charge is 0.481 e. The van der Waals surface area contributed by atoms with E-state index in [0.29, 0.717) is 11.3 Å². The summed E-state index contributed by atoms with van der Waals surface area (Å²) in [4.78, 5) is 25.6. The molecule has 23 heavy (non-hydrogen) atoms. The average molecular weight is 335 g/mol. The highest BCUT2D eigenvalue weighted by molar-refractivity contribution is 7.20. The number of hydrogen-bond acceptors (Lipinski definition) is 4. The molecule has 0 aliphatic heterocycles. The summed E-state index contributed by atoms with van der Waals surface area (Å²) in [6.45, 7) is 1.92. The third-order valence-electron chi connectivity index (χ3n) is 4.57. The van der Waals surface area contributed by atoms with E-state index < -0.39 is 11.9 Å². The molecular formula is C16H21N3O3S. The molecule has 124 valence electrons. The molecule has 2 aromatic rings. The summed E-state index contributed by atoms with van der Waals surface area (Å²) < 4.78 is 1.78. The van der Waals surface area contributed by atoms with E-state index in [4.69, 9.17) is 0 Å². The Morgan fingerprint density at radius 3 is 2.78 bits per heavy atom. The number of carboxylic acid groups (broad SMARTS) is 1. The highest BCUT2D eigenvalue weighted by Gasteiger charge is 2.31. The Balaban J connectivity index is 1.80. The first-order valence-electron chi connectivity index (χ1n) is 7.94. The van der Waals surface area contributed by atoms with Gasteiger partial charge in [-0.05, 0) is 25.8 Å². The van der Waals surface area contributed by atoms with Gasteiger partial charge in [0, 0.05) is 18.5 Å². The molecule has 2 atom stereocenters. The van der Waals surface area contributed by atoms with Crippen molar-refractivity contribution in [3.05, 3.63) is 16.6 Å². The molecule has 2 aromatic heterocycles. The second-order valence-corrected chi connectivity index (χ2v) is 7.23. The summed E-state index contributed by atoms with van der Waals surface area (Å²) >= 11 is 1.40. The lowest BCUT2D eigenvalue weighted by Crippen LogP contribution is -2.42.